The Hall–Kier alpha value is -2.65. The molecule has 28 heavy (non-hydrogen) atoms. The lowest BCUT2D eigenvalue weighted by Crippen LogP contribution is -2.23. The molecule has 0 aliphatic rings. The maximum Gasteiger partial charge on any atom is 0.338 e. The van der Waals surface area contributed by atoms with Gasteiger partial charge < -0.3 is 4.74 Å². The molecule has 1 N–H and O–H groups in total. The molecule has 0 saturated heterocycles. The monoisotopic (exact) mass is 439 g/mol. The molecule has 1 heterocycles. The van der Waals surface area contributed by atoms with Gasteiger partial charge in [-0.15, -0.1) is 0 Å². The number of hydrogen-bond donors (Lipinski definition) is 1. The van der Waals surface area contributed by atoms with Gasteiger partial charge in [-0.25, -0.2) is 4.79 Å². The second-order valence-electron chi connectivity index (χ2n) is 7.68. The molecule has 0 aliphatic carbocycles. The summed E-state index contributed by atoms with van der Waals surface area (Å²) in [6.07, 6.45) is 0.849. The smallest absolute Gasteiger partial charge is 0.338 e. The molecule has 1 aromatic heterocycles. The van der Waals surface area contributed by atoms with Gasteiger partial charge in [-0.3, -0.25) is 5.10 Å². The molecule has 1 unspecified atom stereocenters. The molecule has 5 nitrogen and oxygen atoms in total. The van der Waals surface area contributed by atoms with Crippen LogP contribution in [0.25, 0.3) is 10.9 Å². The lowest BCUT2D eigenvalue weighted by molar-refractivity contribution is 0.00694. The summed E-state index contributed by atoms with van der Waals surface area (Å²) in [7, 11) is 0. The van der Waals surface area contributed by atoms with E-state index in [1.165, 1.54) is 0 Å². The zero-order valence-electron chi connectivity index (χ0n) is 16.3. The second-order valence-corrected chi connectivity index (χ2v) is 8.53. The van der Waals surface area contributed by atoms with Crippen molar-refractivity contribution in [3.8, 4) is 6.07 Å². The van der Waals surface area contributed by atoms with Crippen LogP contribution in [0.3, 0.4) is 0 Å². The molecule has 0 radical (unpaired) electrons. The normalized spacial score (nSPS) is 12.6. The minimum Gasteiger partial charge on any atom is -0.456 e. The number of nitrogens with zero attached hydrogens (tertiary/aromatic N) is 2. The fraction of sp³-hybridized carbons (Fsp3) is 0.318. The number of H-pyrrole nitrogens is 1. The van der Waals surface area contributed by atoms with E-state index in [1.54, 1.807) is 24.3 Å². The number of ether oxygens (including phenoxy) is 1. The van der Waals surface area contributed by atoms with E-state index in [1.807, 2.05) is 32.9 Å². The molecule has 144 valence electrons. The van der Waals surface area contributed by atoms with Gasteiger partial charge in [0.25, 0.3) is 0 Å². The molecule has 0 amide bonds. The first kappa shape index (κ1) is 20.1. The van der Waals surface area contributed by atoms with E-state index in [2.05, 4.69) is 39.1 Å². The molecule has 0 saturated carbocycles. The molecule has 6 heteroatoms. The van der Waals surface area contributed by atoms with E-state index >= 15 is 0 Å². The van der Waals surface area contributed by atoms with Gasteiger partial charge >= 0.3 is 5.97 Å². The third kappa shape index (κ3) is 4.10. The number of halogens is 1. The number of carbonyl (C=O) groups is 1. The van der Waals surface area contributed by atoms with Crippen LogP contribution in [0.1, 0.15) is 67.2 Å². The molecule has 0 spiro atoms. The lowest BCUT2D eigenvalue weighted by Gasteiger charge is -2.20. The predicted molar refractivity (Wildman–Crippen MR) is 112 cm³/mol. The summed E-state index contributed by atoms with van der Waals surface area (Å²) in [5, 5.41) is 17.6. The van der Waals surface area contributed by atoms with Crippen molar-refractivity contribution < 1.29 is 9.53 Å². The number of esters is 1. The first-order valence-corrected chi connectivity index (χ1v) is 9.93. The summed E-state index contributed by atoms with van der Waals surface area (Å²) in [5.41, 5.74) is 3.38. The van der Waals surface area contributed by atoms with Crippen LogP contribution in [0.15, 0.2) is 40.9 Å². The Morgan fingerprint density at radius 3 is 2.64 bits per heavy atom. The second kappa shape index (κ2) is 7.76. The van der Waals surface area contributed by atoms with E-state index in [0.717, 1.165) is 33.1 Å². The van der Waals surface area contributed by atoms with Gasteiger partial charge in [-0.1, -0.05) is 28.9 Å². The van der Waals surface area contributed by atoms with Gasteiger partial charge in [0.2, 0.25) is 0 Å². The maximum absolute atomic E-state index is 12.3. The third-order valence-corrected chi connectivity index (χ3v) is 5.17. The van der Waals surface area contributed by atoms with Gasteiger partial charge in [0.05, 0.1) is 28.4 Å². The van der Waals surface area contributed by atoms with Crippen LogP contribution in [0.5, 0.6) is 0 Å². The summed E-state index contributed by atoms with van der Waals surface area (Å²) in [4.78, 5) is 12.3. The summed E-state index contributed by atoms with van der Waals surface area (Å²) >= 11 is 3.62. The third-order valence-electron chi connectivity index (χ3n) is 4.48. The summed E-state index contributed by atoms with van der Waals surface area (Å²) in [6, 6.07) is 13.2. The van der Waals surface area contributed by atoms with Crippen LogP contribution in [0.4, 0.5) is 0 Å². The minimum atomic E-state index is -0.536. The minimum absolute atomic E-state index is 0.0694. The van der Waals surface area contributed by atoms with E-state index in [0.29, 0.717) is 11.1 Å². The average molecular weight is 440 g/mol. The van der Waals surface area contributed by atoms with Crippen molar-refractivity contribution in [3.05, 3.63) is 63.3 Å². The standard InChI is InChI=1S/C22H22BrN3O2/c1-5-15(20-17-8-6-13(12-24)10-19(17)25-26-20)16-9-7-14(11-18(16)23)21(27)28-22(2,3)4/h6-11,15H,5H2,1-4H3,(H,25,26). The van der Waals surface area contributed by atoms with Crippen molar-refractivity contribution in [2.45, 2.75) is 45.6 Å². The molecule has 2 aromatic carbocycles. The van der Waals surface area contributed by atoms with Gasteiger partial charge in [-0.05, 0) is 63.1 Å². The number of aromatic amines is 1. The quantitative estimate of drug-likeness (QED) is 0.529. The number of aromatic nitrogens is 2. The number of nitrogens with one attached hydrogen (secondary N) is 1. The Kier molecular flexibility index (Phi) is 5.57. The van der Waals surface area contributed by atoms with Gasteiger partial charge in [0, 0.05) is 15.8 Å². The largest absolute Gasteiger partial charge is 0.456 e. The number of hydrogen-bond acceptors (Lipinski definition) is 4. The molecule has 0 aliphatic heterocycles. The van der Waals surface area contributed by atoms with Crippen LogP contribution < -0.4 is 0 Å². The summed E-state index contributed by atoms with van der Waals surface area (Å²) < 4.78 is 6.30. The van der Waals surface area contributed by atoms with Crippen molar-refractivity contribution >= 4 is 32.8 Å². The van der Waals surface area contributed by atoms with Crippen LogP contribution >= 0.6 is 15.9 Å². The fourth-order valence-electron chi connectivity index (χ4n) is 3.22. The van der Waals surface area contributed by atoms with Crippen LogP contribution in [0.2, 0.25) is 0 Å². The molecule has 0 fully saturated rings. The van der Waals surface area contributed by atoms with E-state index in [-0.39, 0.29) is 11.9 Å². The molecular formula is C22H22BrN3O2. The predicted octanol–water partition coefficient (Wildman–Crippen LogP) is 5.69. The molecule has 0 bridgehead atoms. The van der Waals surface area contributed by atoms with E-state index in [4.69, 9.17) is 10.00 Å². The van der Waals surface area contributed by atoms with Crippen molar-refractivity contribution in [2.75, 3.05) is 0 Å². The summed E-state index contributed by atoms with van der Waals surface area (Å²) in [5.74, 6) is -0.274. The summed E-state index contributed by atoms with van der Waals surface area (Å²) in [6.45, 7) is 7.66. The molecule has 3 aromatic rings. The maximum atomic E-state index is 12.3. The Bertz CT molecular complexity index is 1070. The lowest BCUT2D eigenvalue weighted by atomic mass is 9.90. The number of fused-ring (bicyclic) bond motifs is 1. The average Bonchev–Trinajstić information content (AvgIpc) is 3.05. The Balaban J connectivity index is 1.98. The highest BCUT2D eigenvalue weighted by Crippen LogP contribution is 2.36. The number of nitriles is 1. The van der Waals surface area contributed by atoms with Gasteiger partial charge in [-0.2, -0.15) is 10.4 Å². The molecule has 1 atom stereocenters. The van der Waals surface area contributed by atoms with Crippen LogP contribution in [-0.4, -0.2) is 21.8 Å². The van der Waals surface area contributed by atoms with E-state index < -0.39 is 5.60 Å². The highest BCUT2D eigenvalue weighted by atomic mass is 79.9. The first-order valence-electron chi connectivity index (χ1n) is 9.14. The van der Waals surface area contributed by atoms with Gasteiger partial charge in [0.1, 0.15) is 5.60 Å². The van der Waals surface area contributed by atoms with Crippen LogP contribution in [0, 0.1) is 11.3 Å². The fourth-order valence-corrected chi connectivity index (χ4v) is 3.88. The molecule has 3 rings (SSSR count). The van der Waals surface area contributed by atoms with Crippen molar-refractivity contribution in [1.82, 2.24) is 10.2 Å². The zero-order chi connectivity index (χ0) is 20.5. The van der Waals surface area contributed by atoms with Crippen molar-refractivity contribution in [1.29, 1.82) is 5.26 Å². The SMILES string of the molecule is CCC(c1ccc(C(=O)OC(C)(C)C)cc1Br)c1[nH]nc2cc(C#N)ccc12. The molecular weight excluding hydrogens is 418 g/mol. The van der Waals surface area contributed by atoms with Crippen molar-refractivity contribution in [2.24, 2.45) is 0 Å². The van der Waals surface area contributed by atoms with Crippen molar-refractivity contribution in [3.63, 3.8) is 0 Å². The number of carbonyl (C=O) groups excluding carboxylic acids is 1. The first-order chi connectivity index (χ1) is 13.2. The Morgan fingerprint density at radius 1 is 1.29 bits per heavy atom. The van der Waals surface area contributed by atoms with E-state index in [9.17, 15) is 4.79 Å². The topological polar surface area (TPSA) is 78.8 Å². The highest BCUT2D eigenvalue weighted by Gasteiger charge is 2.23. The number of benzene rings is 2. The number of rotatable bonds is 4. The van der Waals surface area contributed by atoms with Crippen LogP contribution in [-0.2, 0) is 4.74 Å². The zero-order valence-corrected chi connectivity index (χ0v) is 17.9. The van der Waals surface area contributed by atoms with Gasteiger partial charge in [0.15, 0.2) is 0 Å². The highest BCUT2D eigenvalue weighted by molar-refractivity contribution is 9.10. The Labute approximate surface area is 172 Å². The Morgan fingerprint density at radius 2 is 2.04 bits per heavy atom.